The number of nitrogens with zero attached hydrogens (tertiary/aromatic N) is 1. The minimum Gasteiger partial charge on any atom is -0.326 e. The highest BCUT2D eigenvalue weighted by Crippen LogP contribution is 2.36. The lowest BCUT2D eigenvalue weighted by Crippen LogP contribution is -2.37. The summed E-state index contributed by atoms with van der Waals surface area (Å²) in [5.74, 6) is -1.57. The van der Waals surface area contributed by atoms with Crippen LogP contribution in [0.3, 0.4) is 0 Å². The Bertz CT molecular complexity index is 1300. The van der Waals surface area contributed by atoms with Crippen molar-refractivity contribution >= 4 is 40.8 Å². The van der Waals surface area contributed by atoms with Gasteiger partial charge in [0.1, 0.15) is 11.6 Å². The van der Waals surface area contributed by atoms with Crippen LogP contribution in [-0.4, -0.2) is 17.9 Å². The molecule has 0 saturated carbocycles. The monoisotopic (exact) mass is 513 g/mol. The molecule has 4 nitrogen and oxygen atoms in total. The van der Waals surface area contributed by atoms with E-state index in [1.54, 1.807) is 0 Å². The first-order chi connectivity index (χ1) is 16.7. The molecule has 4 rings (SSSR count). The van der Waals surface area contributed by atoms with E-state index in [2.05, 4.69) is 41.8 Å². The number of nitrogens with one attached hydrogen (secondary N) is 2. The van der Waals surface area contributed by atoms with Gasteiger partial charge in [-0.2, -0.15) is 0 Å². The molecule has 0 bridgehead atoms. The smallest absolute Gasteiger partial charge is 0.258 e. The Hall–Kier alpha value is -3.22. The molecule has 35 heavy (non-hydrogen) atoms. The zero-order chi connectivity index (χ0) is 25.1. The van der Waals surface area contributed by atoms with E-state index < -0.39 is 17.5 Å². The number of carbonyl (C=O) groups is 1. The normalized spacial score (nSPS) is 17.8. The van der Waals surface area contributed by atoms with Crippen molar-refractivity contribution in [3.8, 4) is 0 Å². The van der Waals surface area contributed by atoms with Gasteiger partial charge < -0.3 is 5.32 Å². The molecule has 180 valence electrons. The van der Waals surface area contributed by atoms with E-state index in [-0.39, 0.29) is 33.5 Å². The Morgan fingerprint density at radius 1 is 1.00 bits per heavy atom. The van der Waals surface area contributed by atoms with Gasteiger partial charge in [0, 0.05) is 22.2 Å². The van der Waals surface area contributed by atoms with Crippen molar-refractivity contribution in [3.05, 3.63) is 111 Å². The van der Waals surface area contributed by atoms with Crippen molar-refractivity contribution in [2.75, 3.05) is 5.32 Å². The summed E-state index contributed by atoms with van der Waals surface area (Å²) in [6.45, 7) is 4.09. The van der Waals surface area contributed by atoms with Crippen LogP contribution in [0.2, 0.25) is 10.0 Å². The molecule has 3 aromatic rings. The van der Waals surface area contributed by atoms with Gasteiger partial charge in [-0.05, 0) is 62.2 Å². The van der Waals surface area contributed by atoms with Crippen LogP contribution in [0.15, 0.2) is 77.3 Å². The summed E-state index contributed by atoms with van der Waals surface area (Å²) >= 11 is 11.7. The van der Waals surface area contributed by atoms with Crippen molar-refractivity contribution in [1.29, 1.82) is 0 Å². The van der Waals surface area contributed by atoms with Gasteiger partial charge in [-0.1, -0.05) is 64.7 Å². The molecule has 0 saturated heterocycles. The molecule has 0 radical (unpaired) electrons. The maximum absolute atomic E-state index is 13.9. The molecule has 2 atom stereocenters. The minimum atomic E-state index is -0.710. The molecule has 8 heteroatoms. The van der Waals surface area contributed by atoms with Gasteiger partial charge >= 0.3 is 0 Å². The zero-order valence-corrected chi connectivity index (χ0v) is 20.6. The maximum atomic E-state index is 13.9. The molecule has 2 unspecified atom stereocenters. The number of anilines is 1. The lowest BCUT2D eigenvalue weighted by molar-refractivity contribution is 0.0976. The molecular formula is C27H23Cl2F2N3O. The Morgan fingerprint density at radius 3 is 2.43 bits per heavy atom. The third-order valence-electron chi connectivity index (χ3n) is 5.80. The van der Waals surface area contributed by atoms with Crippen molar-refractivity contribution < 1.29 is 13.6 Å². The summed E-state index contributed by atoms with van der Waals surface area (Å²) in [6, 6.07) is 15.8. The second-order valence-electron chi connectivity index (χ2n) is 8.52. The van der Waals surface area contributed by atoms with Gasteiger partial charge in [0.05, 0.1) is 11.1 Å². The number of benzene rings is 3. The van der Waals surface area contributed by atoms with Crippen molar-refractivity contribution in [3.63, 3.8) is 0 Å². The highest BCUT2D eigenvalue weighted by molar-refractivity contribution is 6.31. The zero-order valence-electron chi connectivity index (χ0n) is 19.1. The van der Waals surface area contributed by atoms with Gasteiger partial charge in [0.25, 0.3) is 5.91 Å². The van der Waals surface area contributed by atoms with Crippen LogP contribution in [-0.2, 0) is 0 Å². The third-order valence-corrected chi connectivity index (χ3v) is 6.32. The third kappa shape index (κ3) is 6.27. The second kappa shape index (κ2) is 10.6. The fraction of sp³-hybridized carbons (Fsp3) is 0.185. The average molecular weight is 514 g/mol. The fourth-order valence-corrected chi connectivity index (χ4v) is 4.38. The largest absolute Gasteiger partial charge is 0.326 e. The SMILES string of the molecule is CC1=CC(N=C(NC(=O)c2ccc(Cl)c(F)c2)Nc2cc(F)cc(Cl)c2)CC1c1ccc(C)cc1. The van der Waals surface area contributed by atoms with E-state index in [9.17, 15) is 13.6 Å². The Kier molecular flexibility index (Phi) is 7.53. The Labute approximate surface area is 212 Å². The average Bonchev–Trinajstić information content (AvgIpc) is 3.15. The van der Waals surface area contributed by atoms with E-state index in [1.165, 1.54) is 47.0 Å². The lowest BCUT2D eigenvalue weighted by atomic mass is 9.92. The summed E-state index contributed by atoms with van der Waals surface area (Å²) in [4.78, 5) is 17.5. The van der Waals surface area contributed by atoms with Crippen LogP contribution in [0.1, 0.15) is 40.7 Å². The topological polar surface area (TPSA) is 53.5 Å². The highest BCUT2D eigenvalue weighted by Gasteiger charge is 2.26. The number of amides is 1. The van der Waals surface area contributed by atoms with E-state index >= 15 is 0 Å². The predicted octanol–water partition coefficient (Wildman–Crippen LogP) is 7.28. The summed E-state index contributed by atoms with van der Waals surface area (Å²) in [5, 5.41) is 5.70. The molecule has 0 heterocycles. The molecule has 1 amide bonds. The highest BCUT2D eigenvalue weighted by atomic mass is 35.5. The van der Waals surface area contributed by atoms with Gasteiger partial charge in [-0.25, -0.2) is 13.8 Å². The number of aliphatic imine (C=N–C) groups is 1. The van der Waals surface area contributed by atoms with E-state index in [0.29, 0.717) is 12.1 Å². The Morgan fingerprint density at radius 2 is 1.74 bits per heavy atom. The fourth-order valence-electron chi connectivity index (χ4n) is 4.04. The van der Waals surface area contributed by atoms with Crippen LogP contribution in [0.4, 0.5) is 14.5 Å². The second-order valence-corrected chi connectivity index (χ2v) is 9.36. The molecule has 2 N–H and O–H groups in total. The number of halogens is 4. The molecule has 0 spiro atoms. The minimum absolute atomic E-state index is 0.0642. The number of hydrogen-bond acceptors (Lipinski definition) is 2. The lowest BCUT2D eigenvalue weighted by Gasteiger charge is -2.16. The number of hydrogen-bond donors (Lipinski definition) is 2. The molecule has 0 fully saturated rings. The number of allylic oxidation sites excluding steroid dienone is 1. The van der Waals surface area contributed by atoms with Crippen molar-refractivity contribution in [1.82, 2.24) is 5.32 Å². The summed E-state index contributed by atoms with van der Waals surface area (Å²) in [5.41, 5.74) is 3.92. The molecule has 1 aliphatic rings. The van der Waals surface area contributed by atoms with Gasteiger partial charge in [-0.15, -0.1) is 0 Å². The number of guanidine groups is 1. The van der Waals surface area contributed by atoms with Crippen LogP contribution in [0.25, 0.3) is 0 Å². The Balaban J connectivity index is 1.60. The summed E-state index contributed by atoms with van der Waals surface area (Å²) in [7, 11) is 0. The molecule has 0 aromatic heterocycles. The van der Waals surface area contributed by atoms with E-state index in [1.807, 2.05) is 13.0 Å². The predicted molar refractivity (Wildman–Crippen MR) is 137 cm³/mol. The van der Waals surface area contributed by atoms with Crippen LogP contribution in [0.5, 0.6) is 0 Å². The quantitative estimate of drug-likeness (QED) is 0.218. The van der Waals surface area contributed by atoms with Crippen LogP contribution in [0, 0.1) is 18.6 Å². The molecule has 3 aromatic carbocycles. The summed E-state index contributed by atoms with van der Waals surface area (Å²) in [6.07, 6.45) is 2.74. The summed E-state index contributed by atoms with van der Waals surface area (Å²) < 4.78 is 27.8. The first-order valence-electron chi connectivity index (χ1n) is 11.0. The molecule has 0 aliphatic heterocycles. The number of rotatable bonds is 4. The molecular weight excluding hydrogens is 491 g/mol. The maximum Gasteiger partial charge on any atom is 0.258 e. The van der Waals surface area contributed by atoms with Crippen LogP contribution >= 0.6 is 23.2 Å². The first kappa shape index (κ1) is 24.9. The number of carbonyl (C=O) groups excluding carboxylic acids is 1. The van der Waals surface area contributed by atoms with Crippen LogP contribution < -0.4 is 10.6 Å². The molecule has 1 aliphatic carbocycles. The van der Waals surface area contributed by atoms with Gasteiger partial charge in [-0.3, -0.25) is 10.1 Å². The first-order valence-corrected chi connectivity index (χ1v) is 11.8. The van der Waals surface area contributed by atoms with E-state index in [4.69, 9.17) is 28.2 Å². The number of aryl methyl sites for hydroxylation is 1. The van der Waals surface area contributed by atoms with E-state index in [0.717, 1.165) is 6.07 Å². The van der Waals surface area contributed by atoms with Gasteiger partial charge in [0.2, 0.25) is 5.96 Å². The van der Waals surface area contributed by atoms with Crippen molar-refractivity contribution in [2.45, 2.75) is 32.2 Å². The van der Waals surface area contributed by atoms with Gasteiger partial charge in [0.15, 0.2) is 0 Å². The van der Waals surface area contributed by atoms with Crippen molar-refractivity contribution in [2.24, 2.45) is 4.99 Å². The standard InChI is InChI=1S/C27H23Cl2F2N3O/c1-15-3-5-17(6-4-15)23-14-21(9-16(23)2)32-27(33-22-12-19(28)11-20(30)13-22)34-26(35)18-7-8-24(29)25(31)10-18/h3-13,21,23H,14H2,1-2H3,(H2,32,33,34,35).